The van der Waals surface area contributed by atoms with Gasteiger partial charge in [-0.3, -0.25) is 0 Å². The van der Waals surface area contributed by atoms with Gasteiger partial charge in [-0.2, -0.15) is 0 Å². The summed E-state index contributed by atoms with van der Waals surface area (Å²) in [7, 11) is 0. The third kappa shape index (κ3) is 3.09. The van der Waals surface area contributed by atoms with Crippen LogP contribution in [0.25, 0.3) is 0 Å². The van der Waals surface area contributed by atoms with Crippen molar-refractivity contribution in [3.63, 3.8) is 0 Å². The molecule has 0 aromatic rings. The number of nitrogens with two attached hydrogens (primary N) is 1. The summed E-state index contributed by atoms with van der Waals surface area (Å²) in [5, 5.41) is 10.2. The summed E-state index contributed by atoms with van der Waals surface area (Å²) >= 11 is 0. The van der Waals surface area contributed by atoms with Crippen molar-refractivity contribution >= 4 is 0 Å². The van der Waals surface area contributed by atoms with E-state index in [9.17, 15) is 5.11 Å². The number of allylic oxidation sites excluding steroid dienone is 1. The smallest absolute Gasteiger partial charge is 0.0618 e. The van der Waals surface area contributed by atoms with E-state index in [1.54, 1.807) is 5.57 Å². The first kappa shape index (κ1) is 21.5. The van der Waals surface area contributed by atoms with Crippen molar-refractivity contribution < 1.29 is 9.84 Å². The maximum absolute atomic E-state index is 10.2. The molecule has 0 bridgehead atoms. The van der Waals surface area contributed by atoms with Crippen LogP contribution in [0.4, 0.5) is 0 Å². The molecular formula is C27H45NO2. The maximum Gasteiger partial charge on any atom is 0.0618 e. The molecule has 5 aliphatic rings. The number of rotatable bonds is 4. The normalized spacial score (nSPS) is 53.3. The molecule has 0 radical (unpaired) electrons. The molecule has 1 heterocycles. The second kappa shape index (κ2) is 7.59. The van der Waals surface area contributed by atoms with E-state index >= 15 is 0 Å². The second-order valence-corrected chi connectivity index (χ2v) is 12.5. The number of ether oxygens (including phenoxy) is 1. The highest BCUT2D eigenvalue weighted by atomic mass is 16.5. The lowest BCUT2D eigenvalue weighted by atomic mass is 9.47. The standard InChI is InChI=1S/C27H45NO2/c1-16(15-28)5-8-23-17(2)25-24(30-23)14-22-20-7-6-18-13-19(29)9-11-26(18,3)21(20)10-12-27(22,25)4/h6,16-17,19-25,29H,5,7-15,28H2,1-4H3/t16?,17-,19+,20?,21?,22?,23?,24?,25?,26+,27+/m1/s1. The van der Waals surface area contributed by atoms with Crippen LogP contribution >= 0.6 is 0 Å². The van der Waals surface area contributed by atoms with Crippen molar-refractivity contribution in [2.45, 2.75) is 104 Å². The number of hydrogen-bond acceptors (Lipinski definition) is 3. The van der Waals surface area contributed by atoms with E-state index in [1.807, 2.05) is 0 Å². The Balaban J connectivity index is 1.34. The van der Waals surface area contributed by atoms with Gasteiger partial charge < -0.3 is 15.6 Å². The third-order valence-electron chi connectivity index (χ3n) is 11.0. The maximum atomic E-state index is 10.2. The van der Waals surface area contributed by atoms with Crippen molar-refractivity contribution in [2.75, 3.05) is 6.54 Å². The van der Waals surface area contributed by atoms with E-state index in [-0.39, 0.29) is 6.10 Å². The van der Waals surface area contributed by atoms with E-state index < -0.39 is 0 Å². The minimum Gasteiger partial charge on any atom is -0.393 e. The van der Waals surface area contributed by atoms with Gasteiger partial charge in [0.2, 0.25) is 0 Å². The Kier molecular flexibility index (Phi) is 5.43. The van der Waals surface area contributed by atoms with Gasteiger partial charge in [-0.25, -0.2) is 0 Å². The first-order chi connectivity index (χ1) is 14.3. The van der Waals surface area contributed by atoms with Crippen LogP contribution in [0, 0.1) is 46.3 Å². The van der Waals surface area contributed by atoms with Crippen LogP contribution in [0.15, 0.2) is 11.6 Å². The molecule has 0 aromatic carbocycles. The lowest BCUT2D eigenvalue weighted by Crippen LogP contribution is -2.51. The third-order valence-corrected chi connectivity index (χ3v) is 11.0. The fourth-order valence-corrected chi connectivity index (χ4v) is 9.23. The number of aliphatic hydroxyl groups excluding tert-OH is 1. The molecule has 3 heteroatoms. The summed E-state index contributed by atoms with van der Waals surface area (Å²) in [6.45, 7) is 10.7. The Bertz CT molecular complexity index is 690. The molecule has 3 N–H and O–H groups in total. The van der Waals surface area contributed by atoms with Crippen LogP contribution in [0.5, 0.6) is 0 Å². The summed E-state index contributed by atoms with van der Waals surface area (Å²) in [5.74, 6) is 4.50. The van der Waals surface area contributed by atoms with Gasteiger partial charge >= 0.3 is 0 Å². The van der Waals surface area contributed by atoms with E-state index in [2.05, 4.69) is 33.8 Å². The summed E-state index contributed by atoms with van der Waals surface area (Å²) < 4.78 is 6.79. The van der Waals surface area contributed by atoms with Crippen LogP contribution in [-0.2, 0) is 4.74 Å². The molecule has 11 atom stereocenters. The number of fused-ring (bicyclic) bond motifs is 7. The fraction of sp³-hybridized carbons (Fsp3) is 0.926. The first-order valence-corrected chi connectivity index (χ1v) is 13.0. The van der Waals surface area contributed by atoms with Crippen LogP contribution < -0.4 is 5.73 Å². The van der Waals surface area contributed by atoms with Crippen LogP contribution in [0.1, 0.15) is 85.5 Å². The Morgan fingerprint density at radius 2 is 2.03 bits per heavy atom. The predicted molar refractivity (Wildman–Crippen MR) is 122 cm³/mol. The molecule has 4 aliphatic carbocycles. The predicted octanol–water partition coefficient (Wildman–Crippen LogP) is 5.31. The summed E-state index contributed by atoms with van der Waals surface area (Å²) in [5.41, 5.74) is 8.24. The highest BCUT2D eigenvalue weighted by Crippen LogP contribution is 2.69. The zero-order valence-electron chi connectivity index (χ0n) is 19.8. The molecule has 4 fully saturated rings. The van der Waals surface area contributed by atoms with Crippen molar-refractivity contribution in [3.8, 4) is 0 Å². The fourth-order valence-electron chi connectivity index (χ4n) is 9.23. The average Bonchev–Trinajstić information content (AvgIpc) is 3.20. The molecule has 5 rings (SSSR count). The lowest BCUT2D eigenvalue weighted by molar-refractivity contribution is -0.0589. The van der Waals surface area contributed by atoms with Gasteiger partial charge in [-0.1, -0.05) is 39.3 Å². The highest BCUT2D eigenvalue weighted by molar-refractivity contribution is 5.26. The molecule has 3 nitrogen and oxygen atoms in total. The Morgan fingerprint density at radius 1 is 1.23 bits per heavy atom. The minimum atomic E-state index is -0.103. The molecule has 3 saturated carbocycles. The van der Waals surface area contributed by atoms with E-state index in [1.165, 1.54) is 44.9 Å². The highest BCUT2D eigenvalue weighted by Gasteiger charge is 2.64. The molecule has 0 aromatic heterocycles. The Hall–Kier alpha value is -0.380. The van der Waals surface area contributed by atoms with Gasteiger partial charge in [0.25, 0.3) is 0 Å². The molecule has 30 heavy (non-hydrogen) atoms. The minimum absolute atomic E-state index is 0.103. The van der Waals surface area contributed by atoms with Gasteiger partial charge in [-0.05, 0) is 111 Å². The van der Waals surface area contributed by atoms with Crippen molar-refractivity contribution in [3.05, 3.63) is 11.6 Å². The van der Waals surface area contributed by atoms with Crippen molar-refractivity contribution in [2.24, 2.45) is 52.1 Å². The van der Waals surface area contributed by atoms with Gasteiger partial charge in [0.05, 0.1) is 18.3 Å². The number of hydrogen-bond donors (Lipinski definition) is 2. The molecule has 0 amide bonds. The molecule has 1 aliphatic heterocycles. The summed E-state index contributed by atoms with van der Waals surface area (Å²) in [4.78, 5) is 0. The summed E-state index contributed by atoms with van der Waals surface area (Å²) in [6, 6.07) is 0. The Morgan fingerprint density at radius 3 is 2.80 bits per heavy atom. The zero-order chi connectivity index (χ0) is 21.3. The topological polar surface area (TPSA) is 55.5 Å². The van der Waals surface area contributed by atoms with Gasteiger partial charge in [0, 0.05) is 0 Å². The monoisotopic (exact) mass is 415 g/mol. The lowest BCUT2D eigenvalue weighted by Gasteiger charge is -2.58. The second-order valence-electron chi connectivity index (χ2n) is 12.5. The summed E-state index contributed by atoms with van der Waals surface area (Å²) in [6.07, 6.45) is 14.2. The largest absolute Gasteiger partial charge is 0.393 e. The van der Waals surface area contributed by atoms with Crippen molar-refractivity contribution in [1.82, 2.24) is 0 Å². The molecular weight excluding hydrogens is 370 g/mol. The van der Waals surface area contributed by atoms with Crippen LogP contribution in [-0.4, -0.2) is 30.0 Å². The average molecular weight is 416 g/mol. The van der Waals surface area contributed by atoms with Gasteiger partial charge in [-0.15, -0.1) is 0 Å². The van der Waals surface area contributed by atoms with Crippen molar-refractivity contribution in [1.29, 1.82) is 0 Å². The molecule has 0 spiro atoms. The van der Waals surface area contributed by atoms with Crippen LogP contribution in [0.2, 0.25) is 0 Å². The quantitative estimate of drug-likeness (QED) is 0.611. The van der Waals surface area contributed by atoms with E-state index in [0.717, 1.165) is 43.1 Å². The first-order valence-electron chi connectivity index (χ1n) is 13.0. The molecule has 170 valence electrons. The molecule has 1 saturated heterocycles. The van der Waals surface area contributed by atoms with E-state index in [4.69, 9.17) is 10.5 Å². The molecule has 7 unspecified atom stereocenters. The number of aliphatic hydroxyl groups is 1. The SMILES string of the molecule is CC(CN)CCC1OC2CC3C4CC=C5C[C@@H](O)CC[C@]5(C)C4CC[C@]3(C)C2[C@@H]1C. The van der Waals surface area contributed by atoms with Gasteiger partial charge in [0.1, 0.15) is 0 Å². The Labute approximate surface area is 184 Å². The zero-order valence-corrected chi connectivity index (χ0v) is 19.8. The van der Waals surface area contributed by atoms with Crippen LogP contribution in [0.3, 0.4) is 0 Å². The van der Waals surface area contributed by atoms with Gasteiger partial charge in [0.15, 0.2) is 0 Å². The van der Waals surface area contributed by atoms with E-state index in [0.29, 0.717) is 34.9 Å².